The second kappa shape index (κ2) is 22.6. The Balaban J connectivity index is 0.00000190. The highest BCUT2D eigenvalue weighted by molar-refractivity contribution is 7.99. The Morgan fingerprint density at radius 2 is 1.28 bits per heavy atom. The highest BCUT2D eigenvalue weighted by Crippen LogP contribution is 2.37. The lowest BCUT2D eigenvalue weighted by Crippen LogP contribution is -2.21. The van der Waals surface area contributed by atoms with Gasteiger partial charge in [-0.15, -0.1) is 33.1 Å². The fourth-order valence-electron chi connectivity index (χ4n) is 5.08. The minimum absolute atomic E-state index is 0.106. The summed E-state index contributed by atoms with van der Waals surface area (Å²) in [6.07, 6.45) is 2.38. The van der Waals surface area contributed by atoms with E-state index in [4.69, 9.17) is 12.6 Å². The van der Waals surface area contributed by atoms with E-state index in [1.54, 1.807) is 12.1 Å². The van der Waals surface area contributed by atoms with Gasteiger partial charge in [-0.2, -0.15) is 23.4 Å². The van der Waals surface area contributed by atoms with E-state index in [1.165, 1.54) is 18.0 Å². The predicted molar refractivity (Wildman–Crippen MR) is 227 cm³/mol. The lowest BCUT2D eigenvalue weighted by atomic mass is 10.2. The van der Waals surface area contributed by atoms with Gasteiger partial charge in [-0.1, -0.05) is 34.4 Å². The molecule has 0 atom stereocenters. The number of rotatable bonds is 20. The van der Waals surface area contributed by atoms with Crippen molar-refractivity contribution in [2.75, 3.05) is 59.0 Å². The van der Waals surface area contributed by atoms with Gasteiger partial charge in [0.15, 0.2) is 17.7 Å². The molecule has 0 fully saturated rings. The Morgan fingerprint density at radius 1 is 0.767 bits per heavy atom. The summed E-state index contributed by atoms with van der Waals surface area (Å²) >= 11 is 2.95. The molecule has 27 heteroatoms. The SMILES string of the molecule is CCN(CC)c1ccc(N=Nc2ncc(C=O)s2)c(Nc2nc(Nc3cc(N(CC)CC)ccc3N=Nc3nc(S(=O)(=O)O)c(C=O)s3)nc(SCCO)n2)c1.O=S(=O)=O. The second-order valence-corrected chi connectivity index (χ2v) is 16.2. The van der Waals surface area contributed by atoms with Gasteiger partial charge in [0.25, 0.3) is 0 Å². The van der Waals surface area contributed by atoms with E-state index >= 15 is 0 Å². The summed E-state index contributed by atoms with van der Waals surface area (Å²) < 4.78 is 58.3. The zero-order chi connectivity index (χ0) is 43.8. The molecule has 318 valence electrons. The normalized spacial score (nSPS) is 11.3. The molecule has 3 heterocycles. The topological polar surface area (TPSA) is 304 Å². The minimum atomic E-state index is -4.77. The standard InChI is InChI=1S/C33H37N13O6S4.O3S/c1-5-45(6-2)20-9-11-23(41-43-31-34-17-22(18-48)54-31)25(15-20)35-29-38-30(40-32(39-29)53-14-13-47)36-26-16-21(46(7-3)8-4)10-12-24(26)42-44-33-37-28(56(50,51)52)27(19-49)55-33;1-4(2)3/h9-12,15-19,47H,5-8,13-14H2,1-4H3,(H,50,51,52)(H2,35,36,38,39,40);. The first-order valence-corrected chi connectivity index (χ1v) is 22.6. The highest BCUT2D eigenvalue weighted by Gasteiger charge is 2.22. The van der Waals surface area contributed by atoms with Crippen molar-refractivity contribution in [3.8, 4) is 0 Å². The molecular weight excluding hydrogens is 883 g/mol. The minimum Gasteiger partial charge on any atom is -0.396 e. The van der Waals surface area contributed by atoms with Crippen LogP contribution < -0.4 is 20.4 Å². The number of hydrogen-bond donors (Lipinski definition) is 4. The molecule has 0 aliphatic rings. The van der Waals surface area contributed by atoms with E-state index in [9.17, 15) is 27.7 Å². The predicted octanol–water partition coefficient (Wildman–Crippen LogP) is 6.75. The van der Waals surface area contributed by atoms with Gasteiger partial charge in [0, 0.05) is 43.3 Å². The van der Waals surface area contributed by atoms with E-state index in [1.807, 2.05) is 52.0 Å². The molecule has 0 saturated carbocycles. The third-order valence-corrected chi connectivity index (χ3v) is 11.2. The van der Waals surface area contributed by atoms with E-state index in [2.05, 4.69) is 65.8 Å². The number of carbonyl (C=O) groups excluding carboxylic acids is 2. The van der Waals surface area contributed by atoms with Gasteiger partial charge in [0.2, 0.25) is 27.2 Å². The van der Waals surface area contributed by atoms with Crippen LogP contribution in [-0.4, -0.2) is 107 Å². The van der Waals surface area contributed by atoms with Gasteiger partial charge in [-0.25, -0.2) is 9.97 Å². The van der Waals surface area contributed by atoms with Crippen LogP contribution in [0.2, 0.25) is 0 Å². The number of nitrogens with zero attached hydrogens (tertiary/aromatic N) is 11. The van der Waals surface area contributed by atoms with Crippen molar-refractivity contribution >= 4 is 124 Å². The molecule has 0 spiro atoms. The molecule has 5 rings (SSSR count). The summed E-state index contributed by atoms with van der Waals surface area (Å²) in [6.45, 7) is 10.9. The fraction of sp³-hybridized carbons (Fsp3) is 0.303. The molecule has 0 amide bonds. The average Bonchev–Trinajstić information content (AvgIpc) is 3.87. The summed E-state index contributed by atoms with van der Waals surface area (Å²) in [5.41, 5.74) is 3.39. The molecule has 0 aliphatic carbocycles. The van der Waals surface area contributed by atoms with Crippen molar-refractivity contribution in [1.29, 1.82) is 0 Å². The van der Waals surface area contributed by atoms with E-state index in [-0.39, 0.29) is 45.6 Å². The smallest absolute Gasteiger partial charge is 0.396 e. The van der Waals surface area contributed by atoms with E-state index in [0.29, 0.717) is 63.5 Å². The summed E-state index contributed by atoms with van der Waals surface area (Å²) in [6, 6.07) is 11.0. The Labute approximate surface area is 357 Å². The monoisotopic (exact) mass is 919 g/mol. The maximum Gasteiger partial charge on any atom is 0.425 e. The lowest BCUT2D eigenvalue weighted by Gasteiger charge is -2.22. The number of anilines is 6. The number of aliphatic hydroxyl groups is 1. The lowest BCUT2D eigenvalue weighted by molar-refractivity contribution is 0.111. The first-order valence-electron chi connectivity index (χ1n) is 17.5. The van der Waals surface area contributed by atoms with Crippen molar-refractivity contribution in [3.63, 3.8) is 0 Å². The van der Waals surface area contributed by atoms with Crippen LogP contribution in [0.1, 0.15) is 47.0 Å². The van der Waals surface area contributed by atoms with Crippen LogP contribution >= 0.6 is 34.4 Å². The van der Waals surface area contributed by atoms with Gasteiger partial charge < -0.3 is 25.5 Å². The molecule has 5 aromatic rings. The number of nitrogens with one attached hydrogen (secondary N) is 2. The van der Waals surface area contributed by atoms with Crippen LogP contribution in [0.25, 0.3) is 0 Å². The Bertz CT molecular complexity index is 2560. The molecule has 0 saturated heterocycles. The summed E-state index contributed by atoms with van der Waals surface area (Å²) in [5, 5.41) is 32.7. The summed E-state index contributed by atoms with van der Waals surface area (Å²) in [7, 11) is -7.88. The Morgan fingerprint density at radius 3 is 1.70 bits per heavy atom. The van der Waals surface area contributed by atoms with Gasteiger partial charge in [0.1, 0.15) is 16.3 Å². The Hall–Kier alpha value is -5.71. The van der Waals surface area contributed by atoms with Crippen LogP contribution in [0.4, 0.5) is 56.3 Å². The van der Waals surface area contributed by atoms with Gasteiger partial charge >= 0.3 is 20.7 Å². The van der Waals surface area contributed by atoms with Gasteiger partial charge in [0.05, 0.1) is 29.1 Å². The van der Waals surface area contributed by atoms with E-state index < -0.39 is 25.8 Å². The molecule has 22 nitrogen and oxygen atoms in total. The molecule has 0 radical (unpaired) electrons. The number of aldehydes is 2. The second-order valence-electron chi connectivity index (χ2n) is 11.4. The molecule has 3 aromatic heterocycles. The number of hydrogen-bond acceptors (Lipinski definition) is 24. The van der Waals surface area contributed by atoms with Crippen LogP contribution in [0.15, 0.2) is 73.2 Å². The maximum atomic E-state index is 11.7. The number of carbonyl (C=O) groups is 2. The van der Waals surface area contributed by atoms with Gasteiger partial charge in [-0.3, -0.25) is 14.1 Å². The first-order chi connectivity index (χ1) is 28.7. The first kappa shape index (κ1) is 47.0. The van der Waals surface area contributed by atoms with Crippen LogP contribution in [0.5, 0.6) is 0 Å². The van der Waals surface area contributed by atoms with Crippen LogP contribution in [0.3, 0.4) is 0 Å². The van der Waals surface area contributed by atoms with Crippen molar-refractivity contribution in [3.05, 3.63) is 52.3 Å². The number of thiazole rings is 2. The van der Waals surface area contributed by atoms with Crippen LogP contribution in [-0.2, 0) is 20.7 Å². The van der Waals surface area contributed by atoms with Crippen LogP contribution in [0, 0.1) is 0 Å². The van der Waals surface area contributed by atoms with Gasteiger partial charge in [-0.05, 0) is 64.1 Å². The van der Waals surface area contributed by atoms with Crippen molar-refractivity contribution < 1.29 is 40.3 Å². The average molecular weight is 920 g/mol. The zero-order valence-electron chi connectivity index (χ0n) is 32.2. The maximum absolute atomic E-state index is 11.7. The molecular formula is C33H37N13O9S5. The zero-order valence-corrected chi connectivity index (χ0v) is 36.2. The summed E-state index contributed by atoms with van der Waals surface area (Å²) in [4.78, 5) is 48.7. The third-order valence-electron chi connectivity index (χ3n) is 7.72. The van der Waals surface area contributed by atoms with Crippen molar-refractivity contribution in [2.24, 2.45) is 20.5 Å². The molecule has 60 heavy (non-hydrogen) atoms. The highest BCUT2D eigenvalue weighted by atomic mass is 32.2. The number of aliphatic hydroxyl groups excluding tert-OH is 1. The van der Waals surface area contributed by atoms with E-state index in [0.717, 1.165) is 35.8 Å². The third kappa shape index (κ3) is 13.4. The fourth-order valence-corrected chi connectivity index (χ4v) is 7.81. The van der Waals surface area contributed by atoms with Crippen molar-refractivity contribution in [1.82, 2.24) is 24.9 Å². The molecule has 0 unspecified atom stereocenters. The Kier molecular flexibility index (Phi) is 17.7. The summed E-state index contributed by atoms with van der Waals surface area (Å²) in [5.74, 6) is 0.545. The quantitative estimate of drug-likeness (QED) is 0.0271. The number of thioether (sulfide) groups is 1. The molecule has 0 bridgehead atoms. The molecule has 0 aliphatic heterocycles. The number of azo groups is 2. The number of benzene rings is 2. The molecule has 4 N–H and O–H groups in total. The van der Waals surface area contributed by atoms with Crippen molar-refractivity contribution in [2.45, 2.75) is 37.9 Å². The molecule has 2 aromatic carbocycles. The largest absolute Gasteiger partial charge is 0.425 e. The number of aromatic nitrogens is 5.